The van der Waals surface area contributed by atoms with Crippen LogP contribution in [0.4, 0.5) is 30.7 Å². The molecule has 0 fully saturated rings. The SMILES string of the molecule is CCOC(CC(F)(F)F)C(F)C(F)(F)F. The molecule has 0 N–H and O–H groups in total. The lowest BCUT2D eigenvalue weighted by molar-refractivity contribution is -0.233. The molecule has 0 saturated carbocycles. The van der Waals surface area contributed by atoms with Crippen molar-refractivity contribution in [2.75, 3.05) is 6.61 Å². The highest BCUT2D eigenvalue weighted by atomic mass is 19.4. The average molecular weight is 242 g/mol. The van der Waals surface area contributed by atoms with Gasteiger partial charge in [0.05, 0.1) is 6.42 Å². The van der Waals surface area contributed by atoms with Crippen LogP contribution in [0.2, 0.25) is 0 Å². The Bertz CT molecular complexity index is 185. The van der Waals surface area contributed by atoms with Crippen molar-refractivity contribution in [2.24, 2.45) is 0 Å². The van der Waals surface area contributed by atoms with Crippen molar-refractivity contribution in [3.05, 3.63) is 0 Å². The van der Waals surface area contributed by atoms with Gasteiger partial charge in [0.15, 0.2) is 0 Å². The fourth-order valence-electron chi connectivity index (χ4n) is 0.900. The molecule has 2 unspecified atom stereocenters. The zero-order chi connectivity index (χ0) is 12.3. The monoisotopic (exact) mass is 242 g/mol. The molecule has 0 radical (unpaired) electrons. The molecule has 0 aliphatic carbocycles. The van der Waals surface area contributed by atoms with E-state index in [0.717, 1.165) is 0 Å². The maximum Gasteiger partial charge on any atom is 0.422 e. The van der Waals surface area contributed by atoms with E-state index in [0.29, 0.717) is 0 Å². The van der Waals surface area contributed by atoms with Gasteiger partial charge in [0.1, 0.15) is 6.10 Å². The summed E-state index contributed by atoms with van der Waals surface area (Å²) in [7, 11) is 0. The Kier molecular flexibility index (Phi) is 4.82. The largest absolute Gasteiger partial charge is 0.422 e. The van der Waals surface area contributed by atoms with Crippen LogP contribution >= 0.6 is 0 Å². The van der Waals surface area contributed by atoms with Gasteiger partial charge >= 0.3 is 12.4 Å². The topological polar surface area (TPSA) is 9.23 Å². The summed E-state index contributed by atoms with van der Waals surface area (Å²) in [5, 5.41) is 0. The third-order valence-corrected chi connectivity index (χ3v) is 1.45. The molecule has 0 aliphatic heterocycles. The van der Waals surface area contributed by atoms with Crippen LogP contribution in [-0.4, -0.2) is 31.2 Å². The van der Waals surface area contributed by atoms with Crippen molar-refractivity contribution in [1.29, 1.82) is 0 Å². The van der Waals surface area contributed by atoms with Gasteiger partial charge in [-0.05, 0) is 6.92 Å². The minimum Gasteiger partial charge on any atom is -0.375 e. The summed E-state index contributed by atoms with van der Waals surface area (Å²) in [5.41, 5.74) is 0. The minimum absolute atomic E-state index is 0.419. The molecular weight excluding hydrogens is 233 g/mol. The molecule has 8 heteroatoms. The predicted molar refractivity (Wildman–Crippen MR) is 37.0 cm³/mol. The Morgan fingerprint density at radius 3 is 1.80 bits per heavy atom. The van der Waals surface area contributed by atoms with Crippen LogP contribution < -0.4 is 0 Å². The van der Waals surface area contributed by atoms with Gasteiger partial charge in [0.2, 0.25) is 6.17 Å². The van der Waals surface area contributed by atoms with E-state index in [1.165, 1.54) is 6.92 Å². The van der Waals surface area contributed by atoms with Gasteiger partial charge in [-0.3, -0.25) is 0 Å². The second-order valence-corrected chi connectivity index (χ2v) is 2.76. The average Bonchev–Trinajstić information content (AvgIpc) is 1.98. The minimum atomic E-state index is -5.34. The maximum atomic E-state index is 12.5. The molecule has 15 heavy (non-hydrogen) atoms. The van der Waals surface area contributed by atoms with E-state index in [-0.39, 0.29) is 0 Å². The third-order valence-electron chi connectivity index (χ3n) is 1.45. The summed E-state index contributed by atoms with van der Waals surface area (Å²) in [5.74, 6) is 0. The van der Waals surface area contributed by atoms with E-state index in [1.807, 2.05) is 0 Å². The van der Waals surface area contributed by atoms with Gasteiger partial charge in [-0.1, -0.05) is 0 Å². The number of halogens is 7. The summed E-state index contributed by atoms with van der Waals surface area (Å²) < 4.78 is 87.2. The Morgan fingerprint density at radius 1 is 1.07 bits per heavy atom. The molecule has 92 valence electrons. The standard InChI is InChI=1S/C7H9F7O/c1-2-15-4(3-6(9,10)11)5(8)7(12,13)14/h4-5H,2-3H2,1H3. The van der Waals surface area contributed by atoms with Crippen LogP contribution in [0.15, 0.2) is 0 Å². The van der Waals surface area contributed by atoms with Crippen LogP contribution in [0.3, 0.4) is 0 Å². The van der Waals surface area contributed by atoms with E-state index in [1.54, 1.807) is 0 Å². The molecule has 0 aliphatic rings. The zero-order valence-electron chi connectivity index (χ0n) is 7.62. The fourth-order valence-corrected chi connectivity index (χ4v) is 0.900. The summed E-state index contributed by atoms with van der Waals surface area (Å²) in [4.78, 5) is 0. The second-order valence-electron chi connectivity index (χ2n) is 2.76. The van der Waals surface area contributed by atoms with Crippen molar-refractivity contribution in [3.8, 4) is 0 Å². The van der Waals surface area contributed by atoms with Gasteiger partial charge in [-0.2, -0.15) is 26.3 Å². The van der Waals surface area contributed by atoms with Crippen LogP contribution in [-0.2, 0) is 4.74 Å². The first-order valence-corrected chi connectivity index (χ1v) is 3.97. The maximum absolute atomic E-state index is 12.5. The first-order valence-electron chi connectivity index (χ1n) is 3.97. The Morgan fingerprint density at radius 2 is 1.53 bits per heavy atom. The molecule has 0 saturated heterocycles. The van der Waals surface area contributed by atoms with E-state index in [4.69, 9.17) is 0 Å². The van der Waals surface area contributed by atoms with E-state index >= 15 is 0 Å². The Balaban J connectivity index is 4.52. The van der Waals surface area contributed by atoms with Crippen LogP contribution in [0.25, 0.3) is 0 Å². The van der Waals surface area contributed by atoms with E-state index < -0.39 is 37.7 Å². The quantitative estimate of drug-likeness (QED) is 0.687. The lowest BCUT2D eigenvalue weighted by Gasteiger charge is -2.23. The molecule has 0 aromatic rings. The first-order chi connectivity index (χ1) is 6.58. The number of ether oxygens (including phenoxy) is 1. The van der Waals surface area contributed by atoms with Crippen molar-refractivity contribution >= 4 is 0 Å². The highest BCUT2D eigenvalue weighted by Crippen LogP contribution is 2.32. The first kappa shape index (κ1) is 14.5. The molecule has 0 aromatic heterocycles. The molecule has 2 atom stereocenters. The molecular formula is C7H9F7O. The van der Waals surface area contributed by atoms with Crippen molar-refractivity contribution in [3.63, 3.8) is 0 Å². The van der Waals surface area contributed by atoms with E-state index in [9.17, 15) is 30.7 Å². The van der Waals surface area contributed by atoms with Gasteiger partial charge in [0, 0.05) is 6.61 Å². The summed E-state index contributed by atoms with van der Waals surface area (Å²) in [6.45, 7) is 0.768. The smallest absolute Gasteiger partial charge is 0.375 e. The molecule has 1 nitrogen and oxygen atoms in total. The van der Waals surface area contributed by atoms with E-state index in [2.05, 4.69) is 4.74 Å². The predicted octanol–water partition coefficient (Wildman–Crippen LogP) is 3.24. The van der Waals surface area contributed by atoms with Crippen LogP contribution in [0.1, 0.15) is 13.3 Å². The van der Waals surface area contributed by atoms with Crippen LogP contribution in [0, 0.1) is 0 Å². The summed E-state index contributed by atoms with van der Waals surface area (Å²) >= 11 is 0. The molecule has 0 spiro atoms. The third kappa shape index (κ3) is 5.81. The molecule has 0 aromatic carbocycles. The van der Waals surface area contributed by atoms with Gasteiger partial charge in [-0.15, -0.1) is 0 Å². The molecule has 0 amide bonds. The summed E-state index contributed by atoms with van der Waals surface area (Å²) in [6.07, 6.45) is -18.4. The Labute approximate surface area is 81.2 Å². The lowest BCUT2D eigenvalue weighted by atomic mass is 10.1. The number of hydrogen-bond acceptors (Lipinski definition) is 1. The summed E-state index contributed by atoms with van der Waals surface area (Å²) in [6, 6.07) is 0. The normalized spacial score (nSPS) is 17.6. The molecule has 0 heterocycles. The molecule has 0 bridgehead atoms. The van der Waals surface area contributed by atoms with Gasteiger partial charge in [-0.25, -0.2) is 4.39 Å². The van der Waals surface area contributed by atoms with Crippen molar-refractivity contribution < 1.29 is 35.5 Å². The number of alkyl halides is 7. The highest BCUT2D eigenvalue weighted by molar-refractivity contribution is 4.79. The van der Waals surface area contributed by atoms with Crippen LogP contribution in [0.5, 0.6) is 0 Å². The number of rotatable bonds is 4. The number of hydrogen-bond donors (Lipinski definition) is 0. The second kappa shape index (κ2) is 5.00. The Hall–Kier alpha value is -0.530. The van der Waals surface area contributed by atoms with Crippen molar-refractivity contribution in [1.82, 2.24) is 0 Å². The molecule has 0 rings (SSSR count). The lowest BCUT2D eigenvalue weighted by Crippen LogP contribution is -2.40. The van der Waals surface area contributed by atoms with Crippen molar-refractivity contribution in [2.45, 2.75) is 38.0 Å². The zero-order valence-corrected chi connectivity index (χ0v) is 7.62. The fraction of sp³-hybridized carbons (Fsp3) is 1.00. The highest BCUT2D eigenvalue weighted by Gasteiger charge is 2.49. The van der Waals surface area contributed by atoms with Gasteiger partial charge in [0.25, 0.3) is 0 Å². The van der Waals surface area contributed by atoms with Gasteiger partial charge < -0.3 is 4.74 Å².